The molecular formula is C15H17F3N2O. The normalized spacial score (nSPS) is 11.7. The molecule has 0 radical (unpaired) electrons. The second-order valence-corrected chi connectivity index (χ2v) is 4.81. The molecule has 0 aliphatic carbocycles. The summed E-state index contributed by atoms with van der Waals surface area (Å²) < 4.78 is 41.7. The Labute approximate surface area is 121 Å². The molecular weight excluding hydrogens is 281 g/mol. The summed E-state index contributed by atoms with van der Waals surface area (Å²) in [6, 6.07) is 6.86. The van der Waals surface area contributed by atoms with Crippen LogP contribution in [0.5, 0.6) is 5.75 Å². The quantitative estimate of drug-likeness (QED) is 0.893. The van der Waals surface area contributed by atoms with Crippen molar-refractivity contribution in [2.45, 2.75) is 26.4 Å². The largest absolute Gasteiger partial charge is 0.482 e. The van der Waals surface area contributed by atoms with E-state index in [0.29, 0.717) is 11.3 Å². The van der Waals surface area contributed by atoms with Gasteiger partial charge in [-0.3, -0.25) is 0 Å². The van der Waals surface area contributed by atoms with Crippen LogP contribution in [0.15, 0.2) is 24.3 Å². The molecule has 1 heterocycles. The second-order valence-electron chi connectivity index (χ2n) is 4.81. The number of rotatable bonds is 5. The molecule has 2 aromatic rings. The first-order valence-corrected chi connectivity index (χ1v) is 6.74. The molecule has 1 aromatic carbocycles. The first kappa shape index (κ1) is 15.4. The second kappa shape index (κ2) is 6.20. The zero-order chi connectivity index (χ0) is 15.5. The van der Waals surface area contributed by atoms with Gasteiger partial charge in [0.15, 0.2) is 6.61 Å². The molecule has 0 saturated carbocycles. The topological polar surface area (TPSA) is 34.2 Å². The number of nitrogens with zero attached hydrogens (tertiary/aromatic N) is 1. The number of hydrogen-bond donors (Lipinski definition) is 1. The maximum Gasteiger partial charge on any atom is 0.422 e. The third-order valence-corrected chi connectivity index (χ3v) is 2.93. The molecule has 2 rings (SSSR count). The Hall–Kier alpha value is -1.98. The van der Waals surface area contributed by atoms with Crippen molar-refractivity contribution in [3.63, 3.8) is 0 Å². The van der Waals surface area contributed by atoms with Crippen LogP contribution in [0, 0.1) is 6.92 Å². The van der Waals surface area contributed by atoms with Gasteiger partial charge < -0.3 is 10.1 Å². The number of halogens is 3. The van der Waals surface area contributed by atoms with E-state index in [1.165, 1.54) is 6.07 Å². The molecule has 1 aromatic heterocycles. The van der Waals surface area contributed by atoms with Crippen LogP contribution < -0.4 is 10.1 Å². The number of fused-ring (bicyclic) bond motifs is 1. The number of para-hydroxylation sites is 1. The van der Waals surface area contributed by atoms with Gasteiger partial charge in [-0.25, -0.2) is 4.98 Å². The van der Waals surface area contributed by atoms with Gasteiger partial charge in [-0.1, -0.05) is 19.1 Å². The molecule has 0 aliphatic rings. The molecule has 0 saturated heterocycles. The highest BCUT2D eigenvalue weighted by atomic mass is 19.4. The third kappa shape index (κ3) is 4.00. The number of pyridine rings is 1. The van der Waals surface area contributed by atoms with Crippen LogP contribution in [0.4, 0.5) is 19.0 Å². The van der Waals surface area contributed by atoms with Gasteiger partial charge in [0.1, 0.15) is 17.1 Å². The summed E-state index contributed by atoms with van der Waals surface area (Å²) in [5.41, 5.74) is 1.38. The number of ether oxygens (including phenoxy) is 1. The average molecular weight is 298 g/mol. The minimum Gasteiger partial charge on any atom is -0.482 e. The Bertz CT molecular complexity index is 626. The summed E-state index contributed by atoms with van der Waals surface area (Å²) in [5, 5.41) is 3.92. The number of nitrogens with one attached hydrogen (secondary N) is 1. The average Bonchev–Trinajstić information content (AvgIpc) is 2.42. The highest BCUT2D eigenvalue weighted by Gasteiger charge is 2.28. The van der Waals surface area contributed by atoms with Gasteiger partial charge in [-0.15, -0.1) is 0 Å². The summed E-state index contributed by atoms with van der Waals surface area (Å²) in [6.07, 6.45) is -3.43. The monoisotopic (exact) mass is 298 g/mol. The molecule has 114 valence electrons. The van der Waals surface area contributed by atoms with E-state index in [1.807, 2.05) is 19.9 Å². The van der Waals surface area contributed by atoms with Crippen LogP contribution in [0.3, 0.4) is 0 Å². The summed E-state index contributed by atoms with van der Waals surface area (Å²) in [5.74, 6) is 0.816. The number of hydrogen-bond acceptors (Lipinski definition) is 3. The molecule has 6 heteroatoms. The molecule has 0 aliphatic heterocycles. The summed E-state index contributed by atoms with van der Waals surface area (Å²) >= 11 is 0. The van der Waals surface area contributed by atoms with Crippen LogP contribution in [0.1, 0.15) is 18.9 Å². The fraction of sp³-hybridized carbons (Fsp3) is 0.400. The summed E-state index contributed by atoms with van der Waals surface area (Å²) in [4.78, 5) is 4.41. The lowest BCUT2D eigenvalue weighted by Crippen LogP contribution is -2.19. The molecule has 0 unspecified atom stereocenters. The maximum absolute atomic E-state index is 12.3. The van der Waals surface area contributed by atoms with Crippen molar-refractivity contribution in [1.29, 1.82) is 0 Å². The Morgan fingerprint density at radius 3 is 2.71 bits per heavy atom. The summed E-state index contributed by atoms with van der Waals surface area (Å²) in [7, 11) is 0. The maximum atomic E-state index is 12.3. The Balaban J connectivity index is 2.37. The fourth-order valence-corrected chi connectivity index (χ4v) is 1.98. The Kier molecular flexibility index (Phi) is 4.55. The van der Waals surface area contributed by atoms with Crippen LogP contribution in [0.2, 0.25) is 0 Å². The van der Waals surface area contributed by atoms with Crippen molar-refractivity contribution in [2.24, 2.45) is 0 Å². The van der Waals surface area contributed by atoms with E-state index in [1.54, 1.807) is 12.1 Å². The van der Waals surface area contributed by atoms with Crippen molar-refractivity contribution >= 4 is 16.7 Å². The van der Waals surface area contributed by atoms with Crippen LogP contribution in [-0.4, -0.2) is 24.3 Å². The lowest BCUT2D eigenvalue weighted by molar-refractivity contribution is -0.153. The summed E-state index contributed by atoms with van der Waals surface area (Å²) in [6.45, 7) is 3.37. The SMILES string of the molecule is CCCNc1nc2c(OCC(F)(F)F)cccc2cc1C. The lowest BCUT2D eigenvalue weighted by Gasteiger charge is -2.13. The number of anilines is 1. The zero-order valence-corrected chi connectivity index (χ0v) is 11.9. The van der Waals surface area contributed by atoms with Crippen molar-refractivity contribution in [2.75, 3.05) is 18.5 Å². The molecule has 0 spiro atoms. The van der Waals surface area contributed by atoms with Gasteiger partial charge in [0.05, 0.1) is 0 Å². The van der Waals surface area contributed by atoms with Gasteiger partial charge in [0.25, 0.3) is 0 Å². The molecule has 0 amide bonds. The Morgan fingerprint density at radius 2 is 2.05 bits per heavy atom. The molecule has 21 heavy (non-hydrogen) atoms. The zero-order valence-electron chi connectivity index (χ0n) is 11.9. The van der Waals surface area contributed by atoms with Crippen molar-refractivity contribution in [3.05, 3.63) is 29.8 Å². The lowest BCUT2D eigenvalue weighted by atomic mass is 10.1. The van der Waals surface area contributed by atoms with E-state index < -0.39 is 12.8 Å². The number of alkyl halides is 3. The van der Waals surface area contributed by atoms with E-state index >= 15 is 0 Å². The van der Waals surface area contributed by atoms with Crippen molar-refractivity contribution in [1.82, 2.24) is 4.98 Å². The predicted octanol–water partition coefficient (Wildman–Crippen LogP) is 4.31. The predicted molar refractivity (Wildman–Crippen MR) is 76.8 cm³/mol. The molecule has 1 N–H and O–H groups in total. The van der Waals surface area contributed by atoms with Gasteiger partial charge in [0, 0.05) is 11.9 Å². The highest BCUT2D eigenvalue weighted by molar-refractivity contribution is 5.86. The molecule has 0 fully saturated rings. The Morgan fingerprint density at radius 1 is 1.29 bits per heavy atom. The van der Waals surface area contributed by atoms with E-state index in [-0.39, 0.29) is 5.75 Å². The van der Waals surface area contributed by atoms with E-state index in [0.717, 1.165) is 23.9 Å². The highest BCUT2D eigenvalue weighted by Crippen LogP contribution is 2.28. The van der Waals surface area contributed by atoms with Crippen molar-refractivity contribution in [3.8, 4) is 5.75 Å². The van der Waals surface area contributed by atoms with Crippen molar-refractivity contribution < 1.29 is 17.9 Å². The smallest absolute Gasteiger partial charge is 0.422 e. The van der Waals surface area contributed by atoms with Gasteiger partial charge in [-0.2, -0.15) is 13.2 Å². The van der Waals surface area contributed by atoms with Crippen LogP contribution in [0.25, 0.3) is 10.9 Å². The minimum atomic E-state index is -4.36. The van der Waals surface area contributed by atoms with Crippen LogP contribution in [-0.2, 0) is 0 Å². The van der Waals surface area contributed by atoms with Gasteiger partial charge in [0.2, 0.25) is 0 Å². The fourth-order valence-electron chi connectivity index (χ4n) is 1.98. The standard InChI is InChI=1S/C15H17F3N2O/c1-3-7-19-14-10(2)8-11-5-4-6-12(13(11)20-14)21-9-15(16,17)18/h4-6,8H,3,7,9H2,1-2H3,(H,19,20). The number of aromatic nitrogens is 1. The molecule has 3 nitrogen and oxygen atoms in total. The molecule has 0 atom stereocenters. The minimum absolute atomic E-state index is 0.143. The number of benzene rings is 1. The van der Waals surface area contributed by atoms with E-state index in [9.17, 15) is 13.2 Å². The third-order valence-electron chi connectivity index (χ3n) is 2.93. The first-order valence-electron chi connectivity index (χ1n) is 6.74. The number of aryl methyl sites for hydroxylation is 1. The van der Waals surface area contributed by atoms with Gasteiger partial charge in [-0.05, 0) is 31.0 Å². The van der Waals surface area contributed by atoms with Crippen LogP contribution >= 0.6 is 0 Å². The van der Waals surface area contributed by atoms with E-state index in [2.05, 4.69) is 10.3 Å². The first-order chi connectivity index (χ1) is 9.90. The van der Waals surface area contributed by atoms with E-state index in [4.69, 9.17) is 4.74 Å². The van der Waals surface area contributed by atoms with Gasteiger partial charge >= 0.3 is 6.18 Å². The molecule has 0 bridgehead atoms.